The molecule has 0 spiro atoms. The summed E-state index contributed by atoms with van der Waals surface area (Å²) in [6, 6.07) is 6.53. The van der Waals surface area contributed by atoms with Gasteiger partial charge in [0.2, 0.25) is 0 Å². The fourth-order valence-electron chi connectivity index (χ4n) is 3.95. The molecule has 1 saturated heterocycles. The Labute approximate surface area is 122 Å². The maximum Gasteiger partial charge on any atom is 0.126 e. The third-order valence-electron chi connectivity index (χ3n) is 5.02. The van der Waals surface area contributed by atoms with Crippen molar-refractivity contribution in [1.82, 2.24) is 15.2 Å². The summed E-state index contributed by atoms with van der Waals surface area (Å²) in [5.41, 5.74) is 10.8. The molecule has 1 aromatic carbocycles. The summed E-state index contributed by atoms with van der Waals surface area (Å²) < 4.78 is 0. The Morgan fingerprint density at radius 2 is 2.10 bits per heavy atom. The monoisotopic (exact) mass is 279 g/mol. The number of benzene rings is 1. The number of nitrogens with one attached hydrogen (secondary N) is 2. The highest BCUT2D eigenvalue weighted by Gasteiger charge is 2.33. The Bertz CT molecular complexity index is 836. The van der Waals surface area contributed by atoms with Crippen LogP contribution in [0.4, 0.5) is 11.6 Å². The highest BCUT2D eigenvalue weighted by Crippen LogP contribution is 2.46. The van der Waals surface area contributed by atoms with E-state index in [2.05, 4.69) is 38.3 Å². The van der Waals surface area contributed by atoms with Crippen LogP contribution in [0, 0.1) is 0 Å². The van der Waals surface area contributed by atoms with Gasteiger partial charge in [-0.05, 0) is 36.5 Å². The second-order valence-electron chi connectivity index (χ2n) is 6.11. The van der Waals surface area contributed by atoms with Gasteiger partial charge in [-0.25, -0.2) is 0 Å². The summed E-state index contributed by atoms with van der Waals surface area (Å²) >= 11 is 0. The molecule has 5 heterocycles. The minimum absolute atomic E-state index is 0.629. The standard InChI is InChI=1S/C16H17N5/c17-15-12(8-18-20-15)10-1-2-13-11(7-10)14-9-3-5-21(6-4-9)16(14)19-13/h1-2,7-9,19H,3-6H2,(H3,17,18,20). The maximum atomic E-state index is 5.96. The number of piperidine rings is 1. The van der Waals surface area contributed by atoms with Crippen molar-refractivity contribution in [3.63, 3.8) is 0 Å². The van der Waals surface area contributed by atoms with Gasteiger partial charge in [-0.15, -0.1) is 0 Å². The lowest BCUT2D eigenvalue weighted by Crippen LogP contribution is -2.38. The van der Waals surface area contributed by atoms with Gasteiger partial charge in [0, 0.05) is 35.1 Å². The summed E-state index contributed by atoms with van der Waals surface area (Å²) in [5.74, 6) is 2.67. The van der Waals surface area contributed by atoms with Crippen LogP contribution < -0.4 is 10.6 Å². The van der Waals surface area contributed by atoms with Gasteiger partial charge in [0.25, 0.3) is 0 Å². The number of H-pyrrole nitrogens is 2. The lowest BCUT2D eigenvalue weighted by Gasteiger charge is -2.40. The van der Waals surface area contributed by atoms with Crippen LogP contribution in [0.25, 0.3) is 22.0 Å². The number of rotatable bonds is 1. The fraction of sp³-hybridized carbons (Fsp3) is 0.312. The van der Waals surface area contributed by atoms with E-state index in [-0.39, 0.29) is 0 Å². The zero-order valence-electron chi connectivity index (χ0n) is 11.7. The first-order chi connectivity index (χ1) is 10.3. The predicted octanol–water partition coefficient (Wildman–Crippen LogP) is 2.84. The number of hydrogen-bond donors (Lipinski definition) is 3. The predicted molar refractivity (Wildman–Crippen MR) is 84.5 cm³/mol. The van der Waals surface area contributed by atoms with E-state index >= 15 is 0 Å². The van der Waals surface area contributed by atoms with Gasteiger partial charge >= 0.3 is 0 Å². The minimum atomic E-state index is 0.629. The first-order valence-corrected chi connectivity index (χ1v) is 7.51. The zero-order chi connectivity index (χ0) is 14.0. The van der Waals surface area contributed by atoms with Crippen LogP contribution in [0.5, 0.6) is 0 Å². The Morgan fingerprint density at radius 1 is 1.24 bits per heavy atom. The van der Waals surface area contributed by atoms with Crippen LogP contribution in [0.1, 0.15) is 24.3 Å². The number of anilines is 2. The molecule has 106 valence electrons. The summed E-state index contributed by atoms with van der Waals surface area (Å²) in [6.07, 6.45) is 4.35. The Morgan fingerprint density at radius 3 is 2.86 bits per heavy atom. The molecule has 0 radical (unpaired) electrons. The van der Waals surface area contributed by atoms with Crippen LogP contribution in [0.3, 0.4) is 0 Å². The Balaban J connectivity index is 1.76. The molecule has 0 atom stereocenters. The second-order valence-corrected chi connectivity index (χ2v) is 6.11. The molecule has 0 aliphatic carbocycles. The third kappa shape index (κ3) is 1.43. The van der Waals surface area contributed by atoms with Gasteiger partial charge in [-0.3, -0.25) is 5.10 Å². The molecule has 5 nitrogen and oxygen atoms in total. The van der Waals surface area contributed by atoms with E-state index in [0.717, 1.165) is 11.1 Å². The summed E-state index contributed by atoms with van der Waals surface area (Å²) in [7, 11) is 0. The number of nitrogens with zero attached hydrogens (tertiary/aromatic N) is 2. The first-order valence-electron chi connectivity index (χ1n) is 7.51. The third-order valence-corrected chi connectivity index (χ3v) is 5.02. The van der Waals surface area contributed by atoms with Gasteiger partial charge < -0.3 is 15.6 Å². The van der Waals surface area contributed by atoms with E-state index < -0.39 is 0 Å². The van der Waals surface area contributed by atoms with Crippen molar-refractivity contribution in [2.75, 3.05) is 23.7 Å². The SMILES string of the molecule is Nc1[nH]ncc1-c1ccc2[nH]c3c(c2c1)C1CCN3CC1. The highest BCUT2D eigenvalue weighted by atomic mass is 15.2. The molecule has 3 aromatic rings. The molecule has 0 unspecified atom stereocenters. The van der Waals surface area contributed by atoms with Gasteiger partial charge in [0.05, 0.1) is 6.20 Å². The van der Waals surface area contributed by atoms with Crippen LogP contribution in [-0.4, -0.2) is 28.3 Å². The van der Waals surface area contributed by atoms with Crippen LogP contribution in [0.15, 0.2) is 24.4 Å². The molecular weight excluding hydrogens is 262 g/mol. The van der Waals surface area contributed by atoms with Crippen molar-refractivity contribution in [2.24, 2.45) is 0 Å². The average Bonchev–Trinajstić information content (AvgIpc) is 3.12. The van der Waals surface area contributed by atoms with E-state index in [4.69, 9.17) is 5.73 Å². The van der Waals surface area contributed by atoms with Crippen LogP contribution >= 0.6 is 0 Å². The lowest BCUT2D eigenvalue weighted by atomic mass is 9.84. The normalized spacial score (nSPS) is 17.6. The van der Waals surface area contributed by atoms with E-state index in [0.29, 0.717) is 11.7 Å². The average molecular weight is 279 g/mol. The molecule has 5 heteroatoms. The molecule has 3 aliphatic rings. The summed E-state index contributed by atoms with van der Waals surface area (Å²) in [5, 5.41) is 8.18. The van der Waals surface area contributed by atoms with Gasteiger partial charge in [0.15, 0.2) is 0 Å². The number of aromatic amines is 2. The van der Waals surface area contributed by atoms with Crippen molar-refractivity contribution in [1.29, 1.82) is 0 Å². The number of nitrogens with two attached hydrogens (primary N) is 1. The maximum absolute atomic E-state index is 5.96. The quantitative estimate of drug-likeness (QED) is 0.641. The Kier molecular flexibility index (Phi) is 2.04. The second kappa shape index (κ2) is 3.81. The molecule has 0 saturated carbocycles. The molecule has 2 bridgehead atoms. The van der Waals surface area contributed by atoms with Gasteiger partial charge in [-0.1, -0.05) is 6.07 Å². The molecule has 21 heavy (non-hydrogen) atoms. The van der Waals surface area contributed by atoms with E-state index in [1.807, 2.05) is 0 Å². The number of fused-ring (bicyclic) bond motifs is 3. The summed E-state index contributed by atoms with van der Waals surface area (Å²) in [6.45, 7) is 2.37. The topological polar surface area (TPSA) is 73.7 Å². The summed E-state index contributed by atoms with van der Waals surface area (Å²) in [4.78, 5) is 6.09. The zero-order valence-corrected chi connectivity index (χ0v) is 11.7. The van der Waals surface area contributed by atoms with Gasteiger partial charge in [-0.2, -0.15) is 5.10 Å². The lowest BCUT2D eigenvalue weighted by molar-refractivity contribution is 0.475. The van der Waals surface area contributed by atoms with E-state index in [1.165, 1.54) is 48.2 Å². The molecule has 4 N–H and O–H groups in total. The van der Waals surface area contributed by atoms with Crippen LogP contribution in [0.2, 0.25) is 0 Å². The number of hydrogen-bond acceptors (Lipinski definition) is 3. The van der Waals surface area contributed by atoms with Crippen LogP contribution in [-0.2, 0) is 0 Å². The number of aromatic nitrogens is 3. The van der Waals surface area contributed by atoms with Crippen molar-refractivity contribution < 1.29 is 0 Å². The van der Waals surface area contributed by atoms with Crippen molar-refractivity contribution in [3.05, 3.63) is 30.0 Å². The molecular formula is C16H17N5. The van der Waals surface area contributed by atoms with E-state index in [1.54, 1.807) is 6.20 Å². The molecule has 1 fully saturated rings. The molecule has 2 aromatic heterocycles. The fourth-order valence-corrected chi connectivity index (χ4v) is 3.95. The van der Waals surface area contributed by atoms with E-state index in [9.17, 15) is 0 Å². The van der Waals surface area contributed by atoms with Gasteiger partial charge in [0.1, 0.15) is 11.6 Å². The number of nitrogen functional groups attached to an aromatic ring is 1. The molecule has 0 amide bonds. The minimum Gasteiger partial charge on any atom is -0.384 e. The molecule has 3 aliphatic heterocycles. The Hall–Kier alpha value is -2.43. The smallest absolute Gasteiger partial charge is 0.126 e. The van der Waals surface area contributed by atoms with Crippen molar-refractivity contribution in [2.45, 2.75) is 18.8 Å². The molecule has 6 rings (SSSR count). The largest absolute Gasteiger partial charge is 0.384 e. The van der Waals surface area contributed by atoms with Crippen molar-refractivity contribution >= 4 is 22.5 Å². The van der Waals surface area contributed by atoms with Crippen molar-refractivity contribution in [3.8, 4) is 11.1 Å². The highest BCUT2D eigenvalue weighted by molar-refractivity contribution is 5.94. The first kappa shape index (κ1) is 11.3.